The number of carbonyl (C=O) groups is 2. The van der Waals surface area contributed by atoms with Gasteiger partial charge in [0.05, 0.1) is 12.9 Å². The summed E-state index contributed by atoms with van der Waals surface area (Å²) in [4.78, 5) is 26.9. The molecular weight excluding hydrogens is 372 g/mol. The van der Waals surface area contributed by atoms with E-state index in [1.807, 2.05) is 61.5 Å². The first-order chi connectivity index (χ1) is 13.5. The van der Waals surface area contributed by atoms with Crippen molar-refractivity contribution in [3.05, 3.63) is 65.7 Å². The average molecular weight is 401 g/mol. The number of hydrogen-bond acceptors (Lipinski definition) is 4. The third kappa shape index (κ3) is 6.60. The van der Waals surface area contributed by atoms with E-state index in [0.717, 1.165) is 22.6 Å². The molecule has 0 saturated carbocycles. The van der Waals surface area contributed by atoms with Crippen LogP contribution in [0.15, 0.2) is 54.6 Å². The van der Waals surface area contributed by atoms with Crippen LogP contribution in [0.4, 0.5) is 0 Å². The molecule has 0 aliphatic rings. The Morgan fingerprint density at radius 2 is 1.75 bits per heavy atom. The quantitative estimate of drug-likeness (QED) is 0.663. The molecule has 2 aromatic rings. The van der Waals surface area contributed by atoms with Gasteiger partial charge in [0.15, 0.2) is 0 Å². The van der Waals surface area contributed by atoms with Crippen LogP contribution in [-0.2, 0) is 21.9 Å². The van der Waals surface area contributed by atoms with E-state index in [1.165, 1.54) is 0 Å². The summed E-state index contributed by atoms with van der Waals surface area (Å²) in [6.45, 7) is 4.61. The van der Waals surface area contributed by atoms with Gasteiger partial charge in [0, 0.05) is 18.8 Å². The Morgan fingerprint density at radius 3 is 2.36 bits per heavy atom. The molecule has 5 nitrogen and oxygen atoms in total. The Balaban J connectivity index is 1.99. The van der Waals surface area contributed by atoms with Gasteiger partial charge < -0.3 is 15.0 Å². The maximum atomic E-state index is 12.9. The molecule has 1 atom stereocenters. The van der Waals surface area contributed by atoms with Crippen molar-refractivity contribution in [3.8, 4) is 5.75 Å². The second-order valence-corrected chi connectivity index (χ2v) is 7.40. The summed E-state index contributed by atoms with van der Waals surface area (Å²) in [5, 5.41) is 2.81. The molecule has 0 heterocycles. The Labute approximate surface area is 171 Å². The monoisotopic (exact) mass is 400 g/mol. The molecule has 0 spiro atoms. The first-order valence-corrected chi connectivity index (χ1v) is 10.5. The number of likely N-dealkylation sites (N-methyl/N-ethyl adjacent to an activating group) is 1. The lowest BCUT2D eigenvalue weighted by atomic mass is 10.1. The van der Waals surface area contributed by atoms with Gasteiger partial charge in [-0.05, 0) is 37.1 Å². The minimum atomic E-state index is -0.519. The van der Waals surface area contributed by atoms with Crippen molar-refractivity contribution in [2.24, 2.45) is 0 Å². The molecule has 150 valence electrons. The molecule has 2 rings (SSSR count). The number of rotatable bonds is 10. The van der Waals surface area contributed by atoms with Gasteiger partial charge in [0.25, 0.3) is 0 Å². The van der Waals surface area contributed by atoms with Gasteiger partial charge in [-0.15, -0.1) is 11.8 Å². The Morgan fingerprint density at radius 1 is 1.07 bits per heavy atom. The van der Waals surface area contributed by atoms with Crippen LogP contribution in [0.2, 0.25) is 0 Å². The molecule has 0 radical (unpaired) electrons. The fourth-order valence-corrected chi connectivity index (χ4v) is 3.62. The number of benzene rings is 2. The minimum Gasteiger partial charge on any atom is -0.497 e. The van der Waals surface area contributed by atoms with Crippen LogP contribution in [0.3, 0.4) is 0 Å². The SMILES string of the molecule is CCNC(=O)[C@H](C)N(Cc1ccccc1)C(=O)CSCc1ccc(OC)cc1. The molecule has 0 fully saturated rings. The number of ether oxygens (including phenoxy) is 1. The van der Waals surface area contributed by atoms with Crippen molar-refractivity contribution in [2.75, 3.05) is 19.4 Å². The number of nitrogens with one attached hydrogen (secondary N) is 1. The number of nitrogens with zero attached hydrogens (tertiary/aromatic N) is 1. The fourth-order valence-electron chi connectivity index (χ4n) is 2.75. The van der Waals surface area contributed by atoms with E-state index in [4.69, 9.17) is 4.74 Å². The van der Waals surface area contributed by atoms with Crippen LogP contribution in [0.1, 0.15) is 25.0 Å². The summed E-state index contributed by atoms with van der Waals surface area (Å²) >= 11 is 1.55. The van der Waals surface area contributed by atoms with Crippen LogP contribution in [0.5, 0.6) is 5.75 Å². The predicted molar refractivity (Wildman–Crippen MR) is 114 cm³/mol. The van der Waals surface area contributed by atoms with Crippen molar-refractivity contribution in [1.29, 1.82) is 0 Å². The molecule has 0 aliphatic heterocycles. The zero-order valence-corrected chi connectivity index (χ0v) is 17.5. The Bertz CT molecular complexity index is 750. The topological polar surface area (TPSA) is 58.6 Å². The number of methoxy groups -OCH3 is 1. The summed E-state index contributed by atoms with van der Waals surface area (Å²) < 4.78 is 5.16. The molecular formula is C22H28N2O3S. The highest BCUT2D eigenvalue weighted by Crippen LogP contribution is 2.18. The van der Waals surface area contributed by atoms with Gasteiger partial charge in [-0.25, -0.2) is 0 Å². The molecule has 0 aliphatic carbocycles. The largest absolute Gasteiger partial charge is 0.497 e. The van der Waals surface area contributed by atoms with Crippen LogP contribution in [0, 0.1) is 0 Å². The minimum absolute atomic E-state index is 0.0406. The molecule has 1 N–H and O–H groups in total. The van der Waals surface area contributed by atoms with Crippen LogP contribution in [-0.4, -0.2) is 42.2 Å². The molecule has 0 unspecified atom stereocenters. The number of carbonyl (C=O) groups excluding carboxylic acids is 2. The number of hydrogen-bond donors (Lipinski definition) is 1. The highest BCUT2D eigenvalue weighted by molar-refractivity contribution is 7.99. The highest BCUT2D eigenvalue weighted by Gasteiger charge is 2.25. The van der Waals surface area contributed by atoms with Gasteiger partial charge >= 0.3 is 0 Å². The van der Waals surface area contributed by atoms with Crippen LogP contribution < -0.4 is 10.1 Å². The maximum Gasteiger partial charge on any atom is 0.242 e. The van der Waals surface area contributed by atoms with E-state index in [-0.39, 0.29) is 11.8 Å². The van der Waals surface area contributed by atoms with Crippen molar-refractivity contribution in [3.63, 3.8) is 0 Å². The predicted octanol–water partition coefficient (Wildman–Crippen LogP) is 3.48. The summed E-state index contributed by atoms with van der Waals surface area (Å²) in [5.74, 6) is 1.69. The lowest BCUT2D eigenvalue weighted by Gasteiger charge is -2.28. The molecule has 0 saturated heterocycles. The molecule has 0 aromatic heterocycles. The van der Waals surface area contributed by atoms with Gasteiger partial charge in [-0.1, -0.05) is 42.5 Å². The van der Waals surface area contributed by atoms with E-state index >= 15 is 0 Å². The van der Waals surface area contributed by atoms with E-state index in [9.17, 15) is 9.59 Å². The zero-order chi connectivity index (χ0) is 20.4. The molecule has 0 bridgehead atoms. The van der Waals surface area contributed by atoms with E-state index in [0.29, 0.717) is 18.8 Å². The summed E-state index contributed by atoms with van der Waals surface area (Å²) in [6, 6.07) is 17.0. The number of thioether (sulfide) groups is 1. The normalized spacial score (nSPS) is 11.5. The lowest BCUT2D eigenvalue weighted by molar-refractivity contribution is -0.138. The Hall–Kier alpha value is -2.47. The van der Waals surface area contributed by atoms with Gasteiger partial charge in [0.2, 0.25) is 11.8 Å². The zero-order valence-electron chi connectivity index (χ0n) is 16.7. The number of amides is 2. The second-order valence-electron chi connectivity index (χ2n) is 6.42. The molecule has 28 heavy (non-hydrogen) atoms. The van der Waals surface area contributed by atoms with Crippen LogP contribution >= 0.6 is 11.8 Å². The first kappa shape index (κ1) is 21.8. The smallest absolute Gasteiger partial charge is 0.242 e. The molecule has 2 amide bonds. The Kier molecular flexibility index (Phi) is 8.88. The summed E-state index contributed by atoms with van der Waals surface area (Å²) in [6.07, 6.45) is 0. The summed E-state index contributed by atoms with van der Waals surface area (Å²) in [5.41, 5.74) is 2.14. The van der Waals surface area contributed by atoms with E-state index < -0.39 is 6.04 Å². The van der Waals surface area contributed by atoms with Crippen LogP contribution in [0.25, 0.3) is 0 Å². The van der Waals surface area contributed by atoms with Crippen molar-refractivity contribution < 1.29 is 14.3 Å². The van der Waals surface area contributed by atoms with Crippen molar-refractivity contribution >= 4 is 23.6 Å². The van der Waals surface area contributed by atoms with E-state index in [2.05, 4.69) is 5.32 Å². The third-order valence-electron chi connectivity index (χ3n) is 4.37. The fraction of sp³-hybridized carbons (Fsp3) is 0.364. The maximum absolute atomic E-state index is 12.9. The van der Waals surface area contributed by atoms with E-state index in [1.54, 1.807) is 30.7 Å². The highest BCUT2D eigenvalue weighted by atomic mass is 32.2. The first-order valence-electron chi connectivity index (χ1n) is 9.37. The molecule has 2 aromatic carbocycles. The van der Waals surface area contributed by atoms with Gasteiger partial charge in [0.1, 0.15) is 11.8 Å². The van der Waals surface area contributed by atoms with Gasteiger partial charge in [-0.3, -0.25) is 9.59 Å². The van der Waals surface area contributed by atoms with Crippen molar-refractivity contribution in [2.45, 2.75) is 32.2 Å². The second kappa shape index (κ2) is 11.4. The van der Waals surface area contributed by atoms with Crippen molar-refractivity contribution in [1.82, 2.24) is 10.2 Å². The van der Waals surface area contributed by atoms with Gasteiger partial charge in [-0.2, -0.15) is 0 Å². The standard InChI is InChI=1S/C22H28N2O3S/c1-4-23-22(26)17(2)24(14-18-8-6-5-7-9-18)21(25)16-28-15-19-10-12-20(27-3)13-11-19/h5-13,17H,4,14-16H2,1-3H3,(H,23,26)/t17-/m0/s1. The third-order valence-corrected chi connectivity index (χ3v) is 5.36. The average Bonchev–Trinajstić information content (AvgIpc) is 2.73. The summed E-state index contributed by atoms with van der Waals surface area (Å²) in [7, 11) is 1.64. The molecule has 6 heteroatoms. The lowest BCUT2D eigenvalue weighted by Crippen LogP contribution is -2.48.